The molecular weight excluding hydrogens is 280 g/mol. The minimum Gasteiger partial charge on any atom is -0.481 e. The normalized spacial score (nSPS) is 14.0. The van der Waals surface area contributed by atoms with Crippen LogP contribution in [0.25, 0.3) is 0 Å². The summed E-state index contributed by atoms with van der Waals surface area (Å²) in [5.41, 5.74) is 7.23. The lowest BCUT2D eigenvalue weighted by Crippen LogP contribution is -2.06. The van der Waals surface area contributed by atoms with Crippen LogP contribution in [0.3, 0.4) is 0 Å². The van der Waals surface area contributed by atoms with Crippen LogP contribution in [0.15, 0.2) is 11.6 Å². The number of aliphatic carboxylic acids is 1. The zero-order valence-electron chi connectivity index (χ0n) is 13.6. The molecule has 2 rings (SSSR count). The Kier molecular flexibility index (Phi) is 4.69. The molecule has 0 amide bonds. The van der Waals surface area contributed by atoms with Crippen molar-refractivity contribution in [2.45, 2.75) is 53.6 Å². The second-order valence-electron chi connectivity index (χ2n) is 5.93. The van der Waals surface area contributed by atoms with Gasteiger partial charge in [0, 0.05) is 12.0 Å². The third-order valence-corrected chi connectivity index (χ3v) is 4.54. The van der Waals surface area contributed by atoms with Gasteiger partial charge in [-0.25, -0.2) is 4.79 Å². The average Bonchev–Trinajstić information content (AvgIpc) is 2.85. The Labute approximate surface area is 130 Å². The van der Waals surface area contributed by atoms with E-state index in [0.717, 1.165) is 33.4 Å². The number of rotatable bonds is 5. The van der Waals surface area contributed by atoms with Crippen molar-refractivity contribution in [3.05, 3.63) is 45.0 Å². The number of hydrogen-bond acceptors (Lipinski definition) is 3. The standard InChI is InChI=1S/C18H22O4/c1-10(6-8-16(19)20)5-7-14-11(2)12(3)15-9-22-18(21)17(15)13(14)4/h5H,6-9H2,1-4H3,(H,19,20). The molecule has 0 bridgehead atoms. The van der Waals surface area contributed by atoms with E-state index in [1.807, 2.05) is 20.8 Å². The third kappa shape index (κ3) is 3.06. The fourth-order valence-electron chi connectivity index (χ4n) is 2.95. The Morgan fingerprint density at radius 2 is 1.86 bits per heavy atom. The SMILES string of the molecule is CC(=CCc1c(C)c(C)c2c(c1C)C(=O)OC2)CCC(=O)O. The molecule has 1 aliphatic rings. The number of carbonyl (C=O) groups is 2. The number of cyclic esters (lactones) is 1. The summed E-state index contributed by atoms with van der Waals surface area (Å²) in [6.45, 7) is 8.38. The highest BCUT2D eigenvalue weighted by Gasteiger charge is 2.28. The first kappa shape index (κ1) is 16.3. The van der Waals surface area contributed by atoms with E-state index in [1.165, 1.54) is 5.56 Å². The van der Waals surface area contributed by atoms with E-state index < -0.39 is 5.97 Å². The highest BCUT2D eigenvalue weighted by molar-refractivity contribution is 5.96. The van der Waals surface area contributed by atoms with E-state index in [4.69, 9.17) is 9.84 Å². The minimum absolute atomic E-state index is 0.149. The van der Waals surface area contributed by atoms with Gasteiger partial charge in [-0.1, -0.05) is 11.6 Å². The maximum atomic E-state index is 11.9. The minimum atomic E-state index is -0.781. The molecule has 1 aromatic carbocycles. The molecule has 0 fully saturated rings. The highest BCUT2D eigenvalue weighted by atomic mass is 16.5. The summed E-state index contributed by atoms with van der Waals surface area (Å²) in [5.74, 6) is -1.01. The first-order chi connectivity index (χ1) is 10.3. The number of carbonyl (C=O) groups excluding carboxylic acids is 1. The molecule has 0 saturated carbocycles. The van der Waals surface area contributed by atoms with Gasteiger partial charge in [0.2, 0.25) is 0 Å². The molecular formula is C18H22O4. The fraction of sp³-hybridized carbons (Fsp3) is 0.444. The lowest BCUT2D eigenvalue weighted by Gasteiger charge is -2.15. The summed E-state index contributed by atoms with van der Waals surface area (Å²) in [6, 6.07) is 0. The van der Waals surface area contributed by atoms with Gasteiger partial charge < -0.3 is 9.84 Å². The molecule has 1 aromatic rings. The molecule has 4 nitrogen and oxygen atoms in total. The maximum absolute atomic E-state index is 11.9. The van der Waals surface area contributed by atoms with Gasteiger partial charge in [0.1, 0.15) is 6.61 Å². The quantitative estimate of drug-likeness (QED) is 0.666. The Balaban J connectivity index is 2.31. The van der Waals surface area contributed by atoms with Crippen molar-refractivity contribution >= 4 is 11.9 Å². The smallest absolute Gasteiger partial charge is 0.339 e. The van der Waals surface area contributed by atoms with Crippen LogP contribution in [0.2, 0.25) is 0 Å². The lowest BCUT2D eigenvalue weighted by atomic mass is 9.87. The number of carboxylic acids is 1. The molecule has 22 heavy (non-hydrogen) atoms. The maximum Gasteiger partial charge on any atom is 0.339 e. The number of fused-ring (bicyclic) bond motifs is 1. The van der Waals surface area contributed by atoms with Crippen LogP contribution < -0.4 is 0 Å². The molecule has 0 aromatic heterocycles. The van der Waals surface area contributed by atoms with Crippen molar-refractivity contribution in [1.82, 2.24) is 0 Å². The average molecular weight is 302 g/mol. The first-order valence-electron chi connectivity index (χ1n) is 7.49. The number of allylic oxidation sites excluding steroid dienone is 2. The molecule has 1 heterocycles. The van der Waals surface area contributed by atoms with Crippen molar-refractivity contribution in [2.24, 2.45) is 0 Å². The van der Waals surface area contributed by atoms with E-state index >= 15 is 0 Å². The molecule has 1 N–H and O–H groups in total. The summed E-state index contributed by atoms with van der Waals surface area (Å²) in [5, 5.41) is 8.73. The lowest BCUT2D eigenvalue weighted by molar-refractivity contribution is -0.136. The van der Waals surface area contributed by atoms with Gasteiger partial charge in [-0.3, -0.25) is 4.79 Å². The second-order valence-corrected chi connectivity index (χ2v) is 5.93. The van der Waals surface area contributed by atoms with Crippen LogP contribution in [0.4, 0.5) is 0 Å². The first-order valence-corrected chi connectivity index (χ1v) is 7.49. The van der Waals surface area contributed by atoms with Crippen LogP contribution in [0, 0.1) is 20.8 Å². The van der Waals surface area contributed by atoms with Crippen LogP contribution >= 0.6 is 0 Å². The van der Waals surface area contributed by atoms with E-state index in [9.17, 15) is 9.59 Å². The summed E-state index contributed by atoms with van der Waals surface area (Å²) in [4.78, 5) is 22.5. The van der Waals surface area contributed by atoms with Crippen LogP contribution in [-0.4, -0.2) is 17.0 Å². The van der Waals surface area contributed by atoms with E-state index in [1.54, 1.807) is 0 Å². The number of esters is 1. The third-order valence-electron chi connectivity index (χ3n) is 4.54. The van der Waals surface area contributed by atoms with Crippen molar-refractivity contribution in [3.63, 3.8) is 0 Å². The zero-order valence-corrected chi connectivity index (χ0v) is 13.6. The summed E-state index contributed by atoms with van der Waals surface area (Å²) in [6.07, 6.45) is 3.48. The van der Waals surface area contributed by atoms with Crippen molar-refractivity contribution in [1.29, 1.82) is 0 Å². The van der Waals surface area contributed by atoms with Gasteiger partial charge >= 0.3 is 11.9 Å². The Bertz CT molecular complexity index is 668. The molecule has 0 radical (unpaired) electrons. The fourth-order valence-corrected chi connectivity index (χ4v) is 2.95. The van der Waals surface area contributed by atoms with Gasteiger partial charge in [-0.15, -0.1) is 0 Å². The van der Waals surface area contributed by atoms with Gasteiger partial charge in [-0.05, 0) is 62.8 Å². The van der Waals surface area contributed by atoms with Crippen LogP contribution in [0.1, 0.15) is 57.9 Å². The molecule has 0 spiro atoms. The van der Waals surface area contributed by atoms with E-state index in [0.29, 0.717) is 19.4 Å². The Hall–Kier alpha value is -2.10. The molecule has 0 saturated heterocycles. The summed E-state index contributed by atoms with van der Waals surface area (Å²) >= 11 is 0. The number of benzene rings is 1. The Morgan fingerprint density at radius 1 is 1.18 bits per heavy atom. The predicted octanol–water partition coefficient (Wildman–Crippen LogP) is 3.64. The number of hydrogen-bond donors (Lipinski definition) is 1. The van der Waals surface area contributed by atoms with Gasteiger partial charge in [0.05, 0.1) is 5.56 Å². The molecule has 1 aliphatic heterocycles. The molecule has 4 heteroatoms. The van der Waals surface area contributed by atoms with Crippen LogP contribution in [-0.2, 0) is 22.6 Å². The summed E-state index contributed by atoms with van der Waals surface area (Å²) < 4.78 is 5.17. The van der Waals surface area contributed by atoms with Crippen molar-refractivity contribution in [3.8, 4) is 0 Å². The summed E-state index contributed by atoms with van der Waals surface area (Å²) in [7, 11) is 0. The number of carboxylic acid groups (broad SMARTS) is 1. The second kappa shape index (κ2) is 6.34. The monoisotopic (exact) mass is 302 g/mol. The largest absolute Gasteiger partial charge is 0.481 e. The zero-order chi connectivity index (χ0) is 16.4. The van der Waals surface area contributed by atoms with E-state index in [-0.39, 0.29) is 12.4 Å². The van der Waals surface area contributed by atoms with E-state index in [2.05, 4.69) is 13.0 Å². The van der Waals surface area contributed by atoms with Gasteiger partial charge in [0.25, 0.3) is 0 Å². The Morgan fingerprint density at radius 3 is 2.50 bits per heavy atom. The molecule has 0 aliphatic carbocycles. The van der Waals surface area contributed by atoms with Crippen molar-refractivity contribution < 1.29 is 19.4 Å². The molecule has 0 unspecified atom stereocenters. The molecule has 0 atom stereocenters. The van der Waals surface area contributed by atoms with Crippen molar-refractivity contribution in [2.75, 3.05) is 0 Å². The topological polar surface area (TPSA) is 63.6 Å². The number of ether oxygens (including phenoxy) is 1. The highest BCUT2D eigenvalue weighted by Crippen LogP contribution is 2.32. The van der Waals surface area contributed by atoms with Gasteiger partial charge in [0.15, 0.2) is 0 Å². The molecule has 118 valence electrons. The predicted molar refractivity (Wildman–Crippen MR) is 84.1 cm³/mol. The van der Waals surface area contributed by atoms with Crippen LogP contribution in [0.5, 0.6) is 0 Å². The van der Waals surface area contributed by atoms with Gasteiger partial charge in [-0.2, -0.15) is 0 Å².